The standard InChI is InChI=1S/C9H11F.C9H16O.C2H6/c1-7-3-5-8(2)9(10)6-4-7;1-3-5-6-7-8-9(10)4-2;1-2/h4-6H,3H2,1-2H3;7-8H,3-6H2,1-2H3;1-2H3/b;8-7+;. The van der Waals surface area contributed by atoms with Gasteiger partial charge in [-0.25, -0.2) is 4.39 Å². The summed E-state index contributed by atoms with van der Waals surface area (Å²) in [4.78, 5) is 10.7. The molecule has 1 aliphatic carbocycles. The molecule has 0 aromatic heterocycles. The van der Waals surface area contributed by atoms with E-state index >= 15 is 0 Å². The predicted octanol–water partition coefficient (Wildman–Crippen LogP) is 6.87. The monoisotopic (exact) mass is 308 g/mol. The molecule has 0 aromatic rings. The highest BCUT2D eigenvalue weighted by atomic mass is 19.1. The molecule has 22 heavy (non-hydrogen) atoms. The molecule has 0 bridgehead atoms. The van der Waals surface area contributed by atoms with Crippen molar-refractivity contribution < 1.29 is 9.18 Å². The molecule has 1 rings (SSSR count). The summed E-state index contributed by atoms with van der Waals surface area (Å²) >= 11 is 0. The van der Waals surface area contributed by atoms with Crippen molar-refractivity contribution in [2.75, 3.05) is 0 Å². The minimum atomic E-state index is -0.114. The summed E-state index contributed by atoms with van der Waals surface area (Å²) in [6.45, 7) is 11.8. The van der Waals surface area contributed by atoms with E-state index in [4.69, 9.17) is 0 Å². The van der Waals surface area contributed by atoms with Crippen molar-refractivity contribution in [2.24, 2.45) is 0 Å². The lowest BCUT2D eigenvalue weighted by atomic mass is 10.2. The second-order valence-electron chi connectivity index (χ2n) is 4.98. The first-order valence-corrected chi connectivity index (χ1v) is 8.40. The third-order valence-corrected chi connectivity index (χ3v) is 3.00. The summed E-state index contributed by atoms with van der Waals surface area (Å²) in [5, 5.41) is 0. The Hall–Kier alpha value is -1.44. The molecule has 0 saturated heterocycles. The van der Waals surface area contributed by atoms with Crippen LogP contribution < -0.4 is 0 Å². The molecule has 0 spiro atoms. The average molecular weight is 308 g/mol. The Kier molecular flexibility index (Phi) is 16.5. The van der Waals surface area contributed by atoms with E-state index < -0.39 is 0 Å². The van der Waals surface area contributed by atoms with Gasteiger partial charge in [0.2, 0.25) is 0 Å². The zero-order valence-electron chi connectivity index (χ0n) is 15.2. The lowest BCUT2D eigenvalue weighted by Gasteiger charge is -1.91. The van der Waals surface area contributed by atoms with E-state index in [9.17, 15) is 9.18 Å². The molecule has 1 nitrogen and oxygen atoms in total. The molecule has 2 heteroatoms. The molecule has 0 radical (unpaired) electrons. The van der Waals surface area contributed by atoms with Crippen LogP contribution in [-0.2, 0) is 4.79 Å². The number of ketones is 1. The van der Waals surface area contributed by atoms with Crippen molar-refractivity contribution >= 4 is 5.78 Å². The highest BCUT2D eigenvalue weighted by molar-refractivity contribution is 5.89. The minimum absolute atomic E-state index is 0.114. The molecule has 1 aliphatic rings. The highest BCUT2D eigenvalue weighted by Gasteiger charge is 1.99. The molecule has 0 N–H and O–H groups in total. The molecule has 0 aliphatic heterocycles. The number of halogens is 1. The Morgan fingerprint density at radius 2 is 1.86 bits per heavy atom. The van der Waals surface area contributed by atoms with E-state index in [0.717, 1.165) is 18.4 Å². The van der Waals surface area contributed by atoms with Gasteiger partial charge in [0, 0.05) is 6.42 Å². The van der Waals surface area contributed by atoms with Crippen LogP contribution in [0.1, 0.15) is 73.6 Å². The fourth-order valence-corrected chi connectivity index (χ4v) is 1.48. The van der Waals surface area contributed by atoms with E-state index in [-0.39, 0.29) is 11.6 Å². The quantitative estimate of drug-likeness (QED) is 0.400. The van der Waals surface area contributed by atoms with Crippen molar-refractivity contribution in [3.05, 3.63) is 47.4 Å². The summed E-state index contributed by atoms with van der Waals surface area (Å²) in [7, 11) is 0. The molecular weight excluding hydrogens is 275 g/mol. The van der Waals surface area contributed by atoms with Gasteiger partial charge in [0.1, 0.15) is 5.83 Å². The fraction of sp³-hybridized carbons (Fsp3) is 0.550. The molecule has 0 atom stereocenters. The maximum Gasteiger partial charge on any atom is 0.155 e. The van der Waals surface area contributed by atoms with Crippen LogP contribution >= 0.6 is 0 Å². The van der Waals surface area contributed by atoms with Gasteiger partial charge in [0.05, 0.1) is 0 Å². The van der Waals surface area contributed by atoms with Crippen LogP contribution in [0.2, 0.25) is 0 Å². The lowest BCUT2D eigenvalue weighted by molar-refractivity contribution is -0.114. The summed E-state index contributed by atoms with van der Waals surface area (Å²) in [5.74, 6) is 0.118. The molecular formula is C20H33FO. The largest absolute Gasteiger partial charge is 0.295 e. The van der Waals surface area contributed by atoms with E-state index in [2.05, 4.69) is 6.92 Å². The minimum Gasteiger partial charge on any atom is -0.295 e. The van der Waals surface area contributed by atoms with E-state index in [1.165, 1.54) is 24.5 Å². The molecule has 0 heterocycles. The van der Waals surface area contributed by atoms with Crippen molar-refractivity contribution in [3.8, 4) is 0 Å². The van der Waals surface area contributed by atoms with Crippen molar-refractivity contribution in [2.45, 2.75) is 73.6 Å². The van der Waals surface area contributed by atoms with Crippen LogP contribution in [0.3, 0.4) is 0 Å². The van der Waals surface area contributed by atoms with Gasteiger partial charge in [-0.2, -0.15) is 0 Å². The van der Waals surface area contributed by atoms with E-state index in [1.807, 2.05) is 45.9 Å². The molecule has 0 saturated carbocycles. The van der Waals surface area contributed by atoms with Gasteiger partial charge in [-0.05, 0) is 44.4 Å². The summed E-state index contributed by atoms with van der Waals surface area (Å²) in [5.41, 5.74) is 1.94. The van der Waals surface area contributed by atoms with E-state index in [1.54, 1.807) is 13.0 Å². The average Bonchev–Trinajstić information content (AvgIpc) is 2.69. The van der Waals surface area contributed by atoms with Crippen molar-refractivity contribution in [3.63, 3.8) is 0 Å². The Bertz CT molecular complexity index is 411. The number of carbonyl (C=O) groups is 1. The van der Waals surface area contributed by atoms with Gasteiger partial charge < -0.3 is 0 Å². The Balaban J connectivity index is 0. The van der Waals surface area contributed by atoms with E-state index in [0.29, 0.717) is 6.42 Å². The number of carbonyl (C=O) groups excluding carboxylic acids is 1. The van der Waals surface area contributed by atoms with Gasteiger partial charge in [0.15, 0.2) is 5.78 Å². The highest BCUT2D eigenvalue weighted by Crippen LogP contribution is 2.17. The first-order valence-electron chi connectivity index (χ1n) is 8.40. The maximum absolute atomic E-state index is 12.8. The van der Waals surface area contributed by atoms with Crippen LogP contribution in [0.4, 0.5) is 4.39 Å². The van der Waals surface area contributed by atoms with Crippen LogP contribution in [0, 0.1) is 0 Å². The number of allylic oxidation sites excluding steroid dienone is 8. The van der Waals surface area contributed by atoms with Crippen molar-refractivity contribution in [1.82, 2.24) is 0 Å². The molecule has 126 valence electrons. The second-order valence-corrected chi connectivity index (χ2v) is 4.98. The number of unbranched alkanes of at least 4 members (excludes halogenated alkanes) is 2. The third kappa shape index (κ3) is 13.5. The summed E-state index contributed by atoms with van der Waals surface area (Å²) in [6, 6.07) is 0. The van der Waals surface area contributed by atoms with Crippen LogP contribution in [-0.4, -0.2) is 5.78 Å². The summed E-state index contributed by atoms with van der Waals surface area (Å²) in [6.07, 6.45) is 13.8. The molecule has 0 unspecified atom stereocenters. The topological polar surface area (TPSA) is 17.1 Å². The van der Waals surface area contributed by atoms with Gasteiger partial charge in [-0.15, -0.1) is 0 Å². The normalized spacial score (nSPS) is 13.7. The van der Waals surface area contributed by atoms with Gasteiger partial charge in [0.25, 0.3) is 0 Å². The fourth-order valence-electron chi connectivity index (χ4n) is 1.48. The summed E-state index contributed by atoms with van der Waals surface area (Å²) < 4.78 is 12.8. The number of rotatable bonds is 5. The Morgan fingerprint density at radius 1 is 1.23 bits per heavy atom. The third-order valence-electron chi connectivity index (χ3n) is 3.00. The number of hydrogen-bond donors (Lipinski definition) is 0. The molecule has 0 amide bonds. The van der Waals surface area contributed by atoms with Gasteiger partial charge in [-0.3, -0.25) is 4.79 Å². The van der Waals surface area contributed by atoms with Crippen LogP contribution in [0.5, 0.6) is 0 Å². The second kappa shape index (κ2) is 15.9. The van der Waals surface area contributed by atoms with Gasteiger partial charge in [-0.1, -0.05) is 64.3 Å². The van der Waals surface area contributed by atoms with Crippen molar-refractivity contribution in [1.29, 1.82) is 0 Å². The predicted molar refractivity (Wildman–Crippen MR) is 96.6 cm³/mol. The SMILES string of the molecule is CC.CC1=CC=C(F)C(C)=CC1.CCCC/C=C/C(=O)CC. The van der Waals surface area contributed by atoms with Crippen LogP contribution in [0.25, 0.3) is 0 Å². The number of hydrogen-bond acceptors (Lipinski definition) is 1. The first kappa shape index (κ1) is 22.8. The molecule has 0 aromatic carbocycles. The molecule has 0 fully saturated rings. The lowest BCUT2D eigenvalue weighted by Crippen LogP contribution is -1.86. The Labute approximate surface area is 136 Å². The maximum atomic E-state index is 12.8. The zero-order chi connectivity index (χ0) is 17.4. The van der Waals surface area contributed by atoms with Crippen LogP contribution in [0.15, 0.2) is 47.4 Å². The zero-order valence-corrected chi connectivity index (χ0v) is 15.2. The Morgan fingerprint density at radius 3 is 2.41 bits per heavy atom. The smallest absolute Gasteiger partial charge is 0.155 e. The van der Waals surface area contributed by atoms with Gasteiger partial charge >= 0.3 is 0 Å². The first-order chi connectivity index (χ1) is 10.5.